The first-order valence-electron chi connectivity index (χ1n) is 6.96. The van der Waals surface area contributed by atoms with Gasteiger partial charge in [-0.05, 0) is 43.2 Å². The van der Waals surface area contributed by atoms with Gasteiger partial charge in [0, 0.05) is 18.1 Å². The summed E-state index contributed by atoms with van der Waals surface area (Å²) in [6.45, 7) is 1.22. The van der Waals surface area contributed by atoms with E-state index in [-0.39, 0.29) is 23.3 Å². The fourth-order valence-corrected chi connectivity index (χ4v) is 3.90. The van der Waals surface area contributed by atoms with E-state index in [1.54, 1.807) is 0 Å². The van der Waals surface area contributed by atoms with Crippen molar-refractivity contribution in [1.29, 1.82) is 0 Å². The van der Waals surface area contributed by atoms with Crippen LogP contribution in [0.2, 0.25) is 0 Å². The van der Waals surface area contributed by atoms with E-state index in [1.807, 2.05) is 0 Å². The van der Waals surface area contributed by atoms with Gasteiger partial charge < -0.3 is 8.92 Å². The summed E-state index contributed by atoms with van der Waals surface area (Å²) in [6.07, 6.45) is 2.25. The van der Waals surface area contributed by atoms with E-state index in [4.69, 9.17) is 4.74 Å². The predicted octanol–water partition coefficient (Wildman–Crippen LogP) is 3.21. The number of ether oxygens (including phenoxy) is 1. The summed E-state index contributed by atoms with van der Waals surface area (Å²) in [6, 6.07) is 2.39. The van der Waals surface area contributed by atoms with Crippen LogP contribution in [0.25, 0.3) is 0 Å². The fraction of sp³-hybridized carbons (Fsp3) is 0.500. The Morgan fingerprint density at radius 3 is 2.17 bits per heavy atom. The first-order chi connectivity index (χ1) is 10.6. The molecule has 126 valence electrons. The number of fused-ring (bicyclic) bond motifs is 5. The molecule has 1 saturated carbocycles. The predicted molar refractivity (Wildman–Crippen MR) is 72.7 cm³/mol. The molecular formula is C14H13F3O5S. The summed E-state index contributed by atoms with van der Waals surface area (Å²) >= 11 is 0. The molecule has 2 atom stereocenters. The second-order valence-electron chi connectivity index (χ2n) is 5.67. The van der Waals surface area contributed by atoms with Crippen molar-refractivity contribution < 1.29 is 35.3 Å². The zero-order chi connectivity index (χ0) is 17.0. The molecule has 0 aliphatic heterocycles. The van der Waals surface area contributed by atoms with Crippen molar-refractivity contribution in [3.63, 3.8) is 0 Å². The average Bonchev–Trinajstić information content (AvgIpc) is 3.00. The van der Waals surface area contributed by atoms with Crippen LogP contribution in [0.4, 0.5) is 13.2 Å². The van der Waals surface area contributed by atoms with E-state index in [0.29, 0.717) is 17.5 Å². The number of rotatable bonds is 3. The summed E-state index contributed by atoms with van der Waals surface area (Å²) in [5.74, 6) is -0.658. The lowest BCUT2D eigenvalue weighted by molar-refractivity contribution is -0.131. The molecule has 0 spiro atoms. The molecule has 1 aromatic carbocycles. The molecule has 0 aromatic heterocycles. The van der Waals surface area contributed by atoms with E-state index in [1.165, 1.54) is 13.0 Å². The maximum Gasteiger partial charge on any atom is 0.534 e. The molecule has 1 aromatic rings. The van der Waals surface area contributed by atoms with Crippen LogP contribution in [-0.4, -0.2) is 19.9 Å². The molecule has 0 radical (unpaired) electrons. The molecule has 1 fully saturated rings. The van der Waals surface area contributed by atoms with Crippen LogP contribution >= 0.6 is 0 Å². The Kier molecular flexibility index (Phi) is 3.58. The monoisotopic (exact) mass is 350 g/mol. The Bertz CT molecular complexity index is 769. The fourth-order valence-electron chi connectivity index (χ4n) is 3.43. The Labute approximate surface area is 130 Å². The normalized spacial score (nSPS) is 22.8. The van der Waals surface area contributed by atoms with Crippen molar-refractivity contribution in [3.8, 4) is 11.5 Å². The molecular weight excluding hydrogens is 337 g/mol. The molecule has 0 unspecified atom stereocenters. The first-order valence-corrected chi connectivity index (χ1v) is 8.37. The number of halogens is 3. The SMILES string of the molecule is CC(=O)Oc1ccc(OS(=O)(=O)C(F)(F)F)c2c1[C@H]1CC[C@@H]2C1. The second-order valence-corrected chi connectivity index (χ2v) is 7.21. The molecule has 9 heteroatoms. The zero-order valence-corrected chi connectivity index (χ0v) is 12.8. The highest BCUT2D eigenvalue weighted by atomic mass is 32.2. The third kappa shape index (κ3) is 2.66. The molecule has 3 rings (SSSR count). The van der Waals surface area contributed by atoms with Gasteiger partial charge in [0.1, 0.15) is 11.5 Å². The van der Waals surface area contributed by atoms with Crippen molar-refractivity contribution in [3.05, 3.63) is 23.3 Å². The molecule has 2 aliphatic rings. The topological polar surface area (TPSA) is 69.7 Å². The van der Waals surface area contributed by atoms with Crippen molar-refractivity contribution >= 4 is 16.1 Å². The highest BCUT2D eigenvalue weighted by Crippen LogP contribution is 2.59. The first kappa shape index (κ1) is 16.1. The number of carbonyl (C=O) groups is 1. The van der Waals surface area contributed by atoms with Crippen molar-refractivity contribution in [1.82, 2.24) is 0 Å². The van der Waals surface area contributed by atoms with Crippen LogP contribution in [0.1, 0.15) is 49.1 Å². The van der Waals surface area contributed by atoms with E-state index in [0.717, 1.165) is 18.9 Å². The Balaban J connectivity index is 2.06. The van der Waals surface area contributed by atoms with Gasteiger partial charge in [0.25, 0.3) is 0 Å². The van der Waals surface area contributed by atoms with Gasteiger partial charge in [-0.2, -0.15) is 21.6 Å². The third-order valence-electron chi connectivity index (χ3n) is 4.19. The second kappa shape index (κ2) is 5.12. The molecule has 23 heavy (non-hydrogen) atoms. The van der Waals surface area contributed by atoms with Gasteiger partial charge in [0.15, 0.2) is 0 Å². The summed E-state index contributed by atoms with van der Waals surface area (Å²) in [7, 11) is -5.73. The summed E-state index contributed by atoms with van der Waals surface area (Å²) in [4.78, 5) is 11.2. The quantitative estimate of drug-likeness (QED) is 0.362. The van der Waals surface area contributed by atoms with Gasteiger partial charge in [0.2, 0.25) is 0 Å². The van der Waals surface area contributed by atoms with Crippen LogP contribution in [0.3, 0.4) is 0 Å². The molecule has 0 heterocycles. The van der Waals surface area contributed by atoms with E-state index < -0.39 is 21.6 Å². The van der Waals surface area contributed by atoms with Crippen LogP contribution in [0.5, 0.6) is 11.5 Å². The van der Waals surface area contributed by atoms with Gasteiger partial charge in [0.05, 0.1) is 0 Å². The number of carbonyl (C=O) groups excluding carboxylic acids is 1. The Hall–Kier alpha value is -1.77. The maximum atomic E-state index is 12.5. The highest BCUT2D eigenvalue weighted by Gasteiger charge is 2.50. The minimum atomic E-state index is -5.73. The van der Waals surface area contributed by atoms with Crippen LogP contribution in [0, 0.1) is 0 Å². The van der Waals surface area contributed by atoms with Crippen LogP contribution in [-0.2, 0) is 14.9 Å². The maximum absolute atomic E-state index is 12.5. The molecule has 5 nitrogen and oxygen atoms in total. The lowest BCUT2D eigenvalue weighted by Gasteiger charge is -2.21. The lowest BCUT2D eigenvalue weighted by atomic mass is 9.90. The van der Waals surface area contributed by atoms with Crippen LogP contribution in [0.15, 0.2) is 12.1 Å². The highest BCUT2D eigenvalue weighted by molar-refractivity contribution is 7.88. The number of hydrogen-bond acceptors (Lipinski definition) is 5. The molecule has 2 aliphatic carbocycles. The number of alkyl halides is 3. The minimum Gasteiger partial charge on any atom is -0.426 e. The van der Waals surface area contributed by atoms with Crippen molar-refractivity contribution in [2.75, 3.05) is 0 Å². The molecule has 2 bridgehead atoms. The van der Waals surface area contributed by atoms with Gasteiger partial charge in [-0.15, -0.1) is 0 Å². The van der Waals surface area contributed by atoms with E-state index in [2.05, 4.69) is 4.18 Å². The largest absolute Gasteiger partial charge is 0.534 e. The average molecular weight is 350 g/mol. The third-order valence-corrected chi connectivity index (χ3v) is 5.16. The smallest absolute Gasteiger partial charge is 0.426 e. The van der Waals surface area contributed by atoms with Crippen molar-refractivity contribution in [2.45, 2.75) is 43.5 Å². The summed E-state index contributed by atoms with van der Waals surface area (Å²) < 4.78 is 69.5. The van der Waals surface area contributed by atoms with Gasteiger partial charge >= 0.3 is 21.6 Å². The Morgan fingerprint density at radius 1 is 1.13 bits per heavy atom. The standard InChI is InChI=1S/C14H13F3O5S/c1-7(18)21-10-4-5-11(22-23(19,20)14(15,16)17)13-9-3-2-8(6-9)12(10)13/h4-5,8-9H,2-3,6H2,1H3/t8-,9+/m0/s1. The zero-order valence-electron chi connectivity index (χ0n) is 12.0. The number of hydrogen-bond donors (Lipinski definition) is 0. The molecule has 0 N–H and O–H groups in total. The number of benzene rings is 1. The lowest BCUT2D eigenvalue weighted by Crippen LogP contribution is -2.28. The van der Waals surface area contributed by atoms with Crippen LogP contribution < -0.4 is 8.92 Å². The summed E-state index contributed by atoms with van der Waals surface area (Å²) in [5.41, 5.74) is -4.49. The molecule has 0 saturated heterocycles. The molecule has 0 amide bonds. The Morgan fingerprint density at radius 2 is 1.65 bits per heavy atom. The minimum absolute atomic E-state index is 0.0430. The van der Waals surface area contributed by atoms with Gasteiger partial charge in [-0.3, -0.25) is 4.79 Å². The van der Waals surface area contributed by atoms with Crippen molar-refractivity contribution in [2.24, 2.45) is 0 Å². The van der Waals surface area contributed by atoms with E-state index in [9.17, 15) is 26.4 Å². The number of esters is 1. The summed E-state index contributed by atoms with van der Waals surface area (Å²) in [5, 5.41) is 0. The van der Waals surface area contributed by atoms with Gasteiger partial charge in [-0.1, -0.05) is 0 Å². The van der Waals surface area contributed by atoms with E-state index >= 15 is 0 Å². The van der Waals surface area contributed by atoms with Gasteiger partial charge in [-0.25, -0.2) is 0 Å².